The Labute approximate surface area is 186 Å². The molecule has 0 aliphatic heterocycles. The number of para-hydroxylation sites is 1. The van der Waals surface area contributed by atoms with Gasteiger partial charge < -0.3 is 15.7 Å². The van der Waals surface area contributed by atoms with Crippen molar-refractivity contribution in [1.82, 2.24) is 19.9 Å². The molecule has 1 amide bonds. The quantitative estimate of drug-likeness (QED) is 0.309. The summed E-state index contributed by atoms with van der Waals surface area (Å²) in [5, 5.41) is 21.1. The van der Waals surface area contributed by atoms with Crippen LogP contribution in [0.2, 0.25) is 0 Å². The number of hydrogen-bond acceptors (Lipinski definition) is 5. The van der Waals surface area contributed by atoms with E-state index in [0.717, 1.165) is 35.3 Å². The van der Waals surface area contributed by atoms with Crippen molar-refractivity contribution in [2.24, 2.45) is 0 Å². The number of benzene rings is 2. The summed E-state index contributed by atoms with van der Waals surface area (Å²) < 4.78 is 1.74. The molecule has 8 heteroatoms. The standard InChI is InChI=1S/C24H24BN5O2/c25-18-15-28-30-21(14-19(29-22(18)30)17-8-4-5-9-20(17)31)26-12-13-27-23(32)24(10-11-24)16-6-2-1-3-7-16/h1-9,14-15,26,31H,10-13,25H2,(H,27,32). The third-order valence-electron chi connectivity index (χ3n) is 6.06. The summed E-state index contributed by atoms with van der Waals surface area (Å²) in [5.74, 6) is 1.00. The molecule has 5 rings (SSSR count). The second kappa shape index (κ2) is 8.03. The van der Waals surface area contributed by atoms with E-state index in [2.05, 4.69) is 20.7 Å². The highest BCUT2D eigenvalue weighted by Gasteiger charge is 2.50. The topological polar surface area (TPSA) is 91.5 Å². The van der Waals surface area contributed by atoms with Gasteiger partial charge in [0.2, 0.25) is 5.91 Å². The number of aromatic nitrogens is 3. The molecule has 0 bridgehead atoms. The van der Waals surface area contributed by atoms with Gasteiger partial charge in [-0.05, 0) is 36.0 Å². The van der Waals surface area contributed by atoms with Crippen molar-refractivity contribution in [2.75, 3.05) is 18.4 Å². The van der Waals surface area contributed by atoms with Crippen LogP contribution in [0.25, 0.3) is 16.9 Å². The first-order valence-corrected chi connectivity index (χ1v) is 10.8. The molecule has 160 valence electrons. The zero-order valence-electron chi connectivity index (χ0n) is 17.9. The van der Waals surface area contributed by atoms with E-state index in [4.69, 9.17) is 0 Å². The summed E-state index contributed by atoms with van der Waals surface area (Å²) in [6.45, 7) is 1.03. The van der Waals surface area contributed by atoms with E-state index in [-0.39, 0.29) is 17.1 Å². The molecular weight excluding hydrogens is 401 g/mol. The Morgan fingerprint density at radius 1 is 1.09 bits per heavy atom. The molecule has 2 aromatic heterocycles. The minimum absolute atomic E-state index is 0.0789. The lowest BCUT2D eigenvalue weighted by molar-refractivity contribution is -0.123. The van der Waals surface area contributed by atoms with E-state index >= 15 is 0 Å². The molecule has 0 saturated heterocycles. The molecular formula is C24H24BN5O2. The molecule has 1 fully saturated rings. The monoisotopic (exact) mass is 425 g/mol. The van der Waals surface area contributed by atoms with E-state index in [1.165, 1.54) is 0 Å². The van der Waals surface area contributed by atoms with E-state index in [1.54, 1.807) is 22.8 Å². The van der Waals surface area contributed by atoms with Crippen molar-refractivity contribution < 1.29 is 9.90 Å². The number of nitrogens with one attached hydrogen (secondary N) is 2. The molecule has 1 aliphatic rings. The lowest BCUT2D eigenvalue weighted by atomic mass is 9.95. The number of aromatic hydroxyl groups is 1. The van der Waals surface area contributed by atoms with Crippen molar-refractivity contribution in [3.05, 3.63) is 72.4 Å². The first-order valence-electron chi connectivity index (χ1n) is 10.8. The number of carbonyl (C=O) groups is 1. The number of carbonyl (C=O) groups excluding carboxylic acids is 1. The highest BCUT2D eigenvalue weighted by Crippen LogP contribution is 2.48. The fourth-order valence-corrected chi connectivity index (χ4v) is 4.09. The highest BCUT2D eigenvalue weighted by atomic mass is 16.3. The maximum atomic E-state index is 12.8. The summed E-state index contributed by atoms with van der Waals surface area (Å²) >= 11 is 0. The summed E-state index contributed by atoms with van der Waals surface area (Å²) in [4.78, 5) is 17.5. The van der Waals surface area contributed by atoms with Gasteiger partial charge in [-0.1, -0.05) is 42.5 Å². The Kier molecular flexibility index (Phi) is 5.05. The number of amides is 1. The molecule has 0 radical (unpaired) electrons. The minimum Gasteiger partial charge on any atom is -0.507 e. The van der Waals surface area contributed by atoms with Crippen LogP contribution in [-0.4, -0.2) is 46.5 Å². The van der Waals surface area contributed by atoms with Crippen LogP contribution in [0.15, 0.2) is 66.9 Å². The summed E-state index contributed by atoms with van der Waals surface area (Å²) in [7, 11) is 1.95. The predicted octanol–water partition coefficient (Wildman–Crippen LogP) is 1.62. The van der Waals surface area contributed by atoms with Gasteiger partial charge in [0, 0.05) is 30.9 Å². The highest BCUT2D eigenvalue weighted by molar-refractivity contribution is 6.36. The fraction of sp³-hybridized carbons (Fsp3) is 0.208. The molecule has 2 heterocycles. The number of phenols is 1. The van der Waals surface area contributed by atoms with Gasteiger partial charge in [-0.25, -0.2) is 4.98 Å². The molecule has 0 unspecified atom stereocenters. The zero-order chi connectivity index (χ0) is 22.1. The zero-order valence-corrected chi connectivity index (χ0v) is 17.9. The Balaban J connectivity index is 1.31. The van der Waals surface area contributed by atoms with Crippen molar-refractivity contribution in [3.8, 4) is 17.0 Å². The van der Waals surface area contributed by atoms with Gasteiger partial charge in [0.05, 0.1) is 11.1 Å². The lowest BCUT2D eigenvalue weighted by Gasteiger charge is -2.16. The van der Waals surface area contributed by atoms with Crippen molar-refractivity contribution in [2.45, 2.75) is 18.3 Å². The van der Waals surface area contributed by atoms with E-state index in [1.807, 2.05) is 56.4 Å². The normalized spacial score (nSPS) is 14.2. The average Bonchev–Trinajstić information content (AvgIpc) is 3.55. The Morgan fingerprint density at radius 2 is 1.84 bits per heavy atom. The summed E-state index contributed by atoms with van der Waals surface area (Å²) in [6, 6.07) is 19.0. The van der Waals surface area contributed by atoms with Crippen LogP contribution in [0.5, 0.6) is 5.75 Å². The van der Waals surface area contributed by atoms with Gasteiger partial charge in [-0.3, -0.25) is 4.79 Å². The predicted molar refractivity (Wildman–Crippen MR) is 127 cm³/mol. The molecule has 3 N–H and O–H groups in total. The van der Waals surface area contributed by atoms with Crippen molar-refractivity contribution in [3.63, 3.8) is 0 Å². The van der Waals surface area contributed by atoms with Crippen LogP contribution in [0, 0.1) is 0 Å². The van der Waals surface area contributed by atoms with Crippen LogP contribution in [-0.2, 0) is 10.2 Å². The van der Waals surface area contributed by atoms with Gasteiger partial charge in [0.15, 0.2) is 5.65 Å². The fourth-order valence-electron chi connectivity index (χ4n) is 4.09. The Hall–Kier alpha value is -3.81. The third kappa shape index (κ3) is 3.58. The maximum absolute atomic E-state index is 12.8. The molecule has 1 aliphatic carbocycles. The van der Waals surface area contributed by atoms with Gasteiger partial charge >= 0.3 is 0 Å². The number of nitrogens with zero attached hydrogens (tertiary/aromatic N) is 3. The molecule has 1 saturated carbocycles. The number of rotatable bonds is 7. The summed E-state index contributed by atoms with van der Waals surface area (Å²) in [5.41, 5.74) is 3.69. The number of hydrogen-bond donors (Lipinski definition) is 3. The lowest BCUT2D eigenvalue weighted by Crippen LogP contribution is -2.37. The number of fused-ring (bicyclic) bond motifs is 1. The smallest absolute Gasteiger partial charge is 0.230 e. The molecule has 0 spiro atoms. The first-order chi connectivity index (χ1) is 15.6. The van der Waals surface area contributed by atoms with Crippen LogP contribution in [0.4, 0.5) is 5.82 Å². The van der Waals surface area contributed by atoms with Crippen LogP contribution in [0.3, 0.4) is 0 Å². The van der Waals surface area contributed by atoms with E-state index in [0.29, 0.717) is 24.3 Å². The van der Waals surface area contributed by atoms with Crippen LogP contribution >= 0.6 is 0 Å². The Bertz CT molecular complexity index is 1280. The summed E-state index contributed by atoms with van der Waals surface area (Å²) in [6.07, 6.45) is 3.54. The molecule has 7 nitrogen and oxygen atoms in total. The van der Waals surface area contributed by atoms with Crippen molar-refractivity contribution >= 4 is 30.7 Å². The van der Waals surface area contributed by atoms with Crippen molar-refractivity contribution in [1.29, 1.82) is 0 Å². The molecule has 2 aromatic carbocycles. The molecule has 0 atom stereocenters. The average molecular weight is 425 g/mol. The third-order valence-corrected chi connectivity index (χ3v) is 6.06. The van der Waals surface area contributed by atoms with E-state index < -0.39 is 0 Å². The minimum atomic E-state index is -0.373. The second-order valence-corrected chi connectivity index (χ2v) is 8.24. The van der Waals surface area contributed by atoms with Gasteiger partial charge in [0.1, 0.15) is 19.4 Å². The van der Waals surface area contributed by atoms with Gasteiger partial charge in [0.25, 0.3) is 0 Å². The second-order valence-electron chi connectivity index (χ2n) is 8.24. The van der Waals surface area contributed by atoms with Gasteiger partial charge in [-0.2, -0.15) is 9.61 Å². The Morgan fingerprint density at radius 3 is 2.59 bits per heavy atom. The number of anilines is 1. The van der Waals surface area contributed by atoms with Crippen LogP contribution in [0.1, 0.15) is 18.4 Å². The largest absolute Gasteiger partial charge is 0.507 e. The molecule has 32 heavy (non-hydrogen) atoms. The number of phenolic OH excluding ortho intramolecular Hbond substituents is 1. The van der Waals surface area contributed by atoms with Crippen LogP contribution < -0.4 is 16.1 Å². The van der Waals surface area contributed by atoms with E-state index in [9.17, 15) is 9.90 Å². The molecule has 4 aromatic rings. The van der Waals surface area contributed by atoms with Gasteiger partial charge in [-0.15, -0.1) is 0 Å². The SMILES string of the molecule is Bc1cnn2c(NCCNC(=O)C3(c4ccccc4)CC3)cc(-c3ccccc3O)nc12. The maximum Gasteiger partial charge on any atom is 0.230 e. The first kappa shape index (κ1) is 20.1.